The van der Waals surface area contributed by atoms with E-state index in [0.717, 1.165) is 0 Å². The molecular weight excluding hydrogens is 495 g/mol. The van der Waals surface area contributed by atoms with E-state index in [1.54, 1.807) is 0 Å². The molecule has 0 atom stereocenters. The third-order valence-electron chi connectivity index (χ3n) is 0. The van der Waals surface area contributed by atoms with Crippen LogP contribution in [0.4, 0.5) is 0 Å². The summed E-state index contributed by atoms with van der Waals surface area (Å²) in [4.78, 5) is 25.6. The average Bonchev–Trinajstić information content (AvgIpc) is 1.73. The van der Waals surface area contributed by atoms with Gasteiger partial charge in [0.25, 0.3) is 0 Å². The molecule has 0 unspecified atom stereocenters. The van der Waals surface area contributed by atoms with Crippen LogP contribution >= 0.6 is 7.82 Å². The normalized spacial score (nSPS) is 8.35. The summed E-state index contributed by atoms with van der Waals surface area (Å²) < 4.78 is 8.55. The predicted octanol–water partition coefficient (Wildman–Crippen LogP) is -0.00700. The molecule has 0 amide bonds. The molecule has 4 nitrogen and oxygen atoms in total. The minimum Gasteiger partial charge on any atom is -0.822 e. The van der Waals surface area contributed by atoms with Crippen molar-refractivity contribution >= 4 is 45.7 Å². The zero-order valence-electron chi connectivity index (χ0n) is 13.2. The van der Waals surface area contributed by atoms with E-state index in [1.165, 1.54) is 0 Å². The van der Waals surface area contributed by atoms with Gasteiger partial charge in [-0.3, -0.25) is 0 Å². The van der Waals surface area contributed by atoms with Crippen LogP contribution in [0.1, 0.15) is 41.5 Å². The molecule has 0 aliphatic carbocycles. The first kappa shape index (κ1) is 43.5. The van der Waals surface area contributed by atoms with Crippen LogP contribution in [0.25, 0.3) is 0 Å². The van der Waals surface area contributed by atoms with Crippen LogP contribution in [-0.4, -0.2) is 15.7 Å². The predicted molar refractivity (Wildman–Crippen MR) is 75.1 cm³/mol. The van der Waals surface area contributed by atoms with E-state index in [-0.39, 0.29) is 58.4 Å². The fraction of sp³-hybridized carbons (Fsp3) is 1.00. The first-order valence-corrected chi connectivity index (χ1v) is 7.78. The number of hydrogen-bond donors (Lipinski definition) is 0. The Morgan fingerprint density at radius 2 is 0.650 bits per heavy atom. The van der Waals surface area contributed by atoms with Crippen LogP contribution in [-0.2, 0) is 101 Å². The van der Waals surface area contributed by atoms with Gasteiger partial charge in [0.15, 0.2) is 0 Å². The SMILES string of the molecule is CC(C)[S-].CC(C)[S-].CC(C)[S-].O=P([O-])([O-])[O-].[Zn+2].[Zn+2].[Zn+2]. The van der Waals surface area contributed by atoms with E-state index in [0.29, 0.717) is 15.7 Å². The molecule has 0 fully saturated rings. The summed E-state index contributed by atoms with van der Waals surface area (Å²) in [5, 5.41) is 1.25. The van der Waals surface area contributed by atoms with Gasteiger partial charge in [0, 0.05) is 0 Å². The number of rotatable bonds is 0. The topological polar surface area (TPSA) is 86.2 Å². The van der Waals surface area contributed by atoms with Gasteiger partial charge in [-0.25, -0.2) is 0 Å². The molecule has 0 aliphatic heterocycles. The first-order valence-electron chi connectivity index (χ1n) is 4.90. The van der Waals surface area contributed by atoms with Gasteiger partial charge >= 0.3 is 58.4 Å². The van der Waals surface area contributed by atoms with Crippen LogP contribution in [0, 0.1) is 0 Å². The fourth-order valence-corrected chi connectivity index (χ4v) is 0. The van der Waals surface area contributed by atoms with Gasteiger partial charge in [0.05, 0.1) is 0 Å². The van der Waals surface area contributed by atoms with Crippen molar-refractivity contribution in [3.63, 3.8) is 0 Å². The van der Waals surface area contributed by atoms with Crippen molar-refractivity contribution in [1.29, 1.82) is 0 Å². The molecule has 0 bridgehead atoms. The Hall–Kier alpha value is 3.03. The molecule has 20 heavy (non-hydrogen) atoms. The van der Waals surface area contributed by atoms with Crippen LogP contribution in [0.3, 0.4) is 0 Å². The minimum absolute atomic E-state index is 0. The monoisotopic (exact) mass is 512 g/mol. The Balaban J connectivity index is -0.0000000216. The largest absolute Gasteiger partial charge is 2.00 e. The third-order valence-corrected chi connectivity index (χ3v) is 0. The summed E-state index contributed by atoms with van der Waals surface area (Å²) >= 11 is 13.9. The van der Waals surface area contributed by atoms with Gasteiger partial charge in [-0.15, -0.1) is 0 Å². The molecule has 0 aliphatic rings. The number of phosphoric acid groups is 1. The van der Waals surface area contributed by atoms with E-state index >= 15 is 0 Å². The van der Waals surface area contributed by atoms with E-state index in [9.17, 15) is 0 Å². The Morgan fingerprint density at radius 3 is 0.650 bits per heavy atom. The summed E-state index contributed by atoms with van der Waals surface area (Å²) in [6, 6.07) is 0. The van der Waals surface area contributed by atoms with Gasteiger partial charge in [-0.1, -0.05) is 41.5 Å². The molecule has 110 valence electrons. The van der Waals surface area contributed by atoms with Crippen LogP contribution < -0.4 is 14.7 Å². The maximum absolute atomic E-state index is 8.55. The zero-order valence-corrected chi connectivity index (χ0v) is 25.4. The molecule has 0 saturated carbocycles. The molecule has 0 aromatic carbocycles. The van der Waals surface area contributed by atoms with E-state index in [2.05, 4.69) is 37.9 Å². The average molecular weight is 517 g/mol. The molecule has 0 aromatic heterocycles. The molecule has 0 radical (unpaired) electrons. The van der Waals surface area contributed by atoms with Crippen LogP contribution in [0.5, 0.6) is 0 Å². The number of hydrogen-bond acceptors (Lipinski definition) is 7. The summed E-state index contributed by atoms with van der Waals surface area (Å²) in [7, 11) is -5.39. The molecule has 0 rings (SSSR count). The summed E-state index contributed by atoms with van der Waals surface area (Å²) in [6.07, 6.45) is 0. The Bertz CT molecular complexity index is 153. The molecular formula is C9H21O4PS3Zn3. The van der Waals surface area contributed by atoms with Gasteiger partial charge in [0.2, 0.25) is 0 Å². The van der Waals surface area contributed by atoms with Crippen molar-refractivity contribution in [1.82, 2.24) is 0 Å². The third kappa shape index (κ3) is 919. The summed E-state index contributed by atoms with van der Waals surface area (Å²) in [5.41, 5.74) is 0. The van der Waals surface area contributed by atoms with Gasteiger partial charge in [-0.2, -0.15) is 23.6 Å². The molecule has 0 spiro atoms. The minimum atomic E-state index is -5.39. The van der Waals surface area contributed by atoms with Crippen LogP contribution in [0.2, 0.25) is 0 Å². The maximum atomic E-state index is 8.55. The second-order valence-corrected chi connectivity index (χ2v) is 7.32. The maximum Gasteiger partial charge on any atom is 2.00 e. The molecule has 0 saturated heterocycles. The summed E-state index contributed by atoms with van der Waals surface area (Å²) in [5.74, 6) is 0. The molecule has 0 heterocycles. The van der Waals surface area contributed by atoms with E-state index in [1.807, 2.05) is 41.5 Å². The second-order valence-electron chi connectivity index (χ2n) is 3.59. The van der Waals surface area contributed by atoms with Gasteiger partial charge < -0.3 is 57.1 Å². The molecule has 11 heteroatoms. The van der Waals surface area contributed by atoms with Crippen molar-refractivity contribution in [2.24, 2.45) is 0 Å². The van der Waals surface area contributed by atoms with Gasteiger partial charge in [0.1, 0.15) is 0 Å². The smallest absolute Gasteiger partial charge is 0.822 e. The second kappa shape index (κ2) is 30.0. The standard InChI is InChI=1S/3C3H8S.H3O4P.3Zn/c3*1-3(2)4;1-5(2,3)4;;;/h3*3-4H,1-2H3;(H3,1,2,3,4);;;/q;;;;3*+2/p-6. The van der Waals surface area contributed by atoms with Crippen molar-refractivity contribution < 1.29 is 77.7 Å². The Labute approximate surface area is 179 Å². The van der Waals surface area contributed by atoms with Crippen molar-refractivity contribution in [2.75, 3.05) is 0 Å². The quantitative estimate of drug-likeness (QED) is 0.254. The van der Waals surface area contributed by atoms with E-state index in [4.69, 9.17) is 19.2 Å². The van der Waals surface area contributed by atoms with Gasteiger partial charge in [-0.05, 0) is 0 Å². The first-order chi connectivity index (χ1) is 7.20. The van der Waals surface area contributed by atoms with Crippen molar-refractivity contribution in [3.8, 4) is 0 Å². The zero-order chi connectivity index (χ0) is 15.2. The van der Waals surface area contributed by atoms with Crippen LogP contribution in [0.15, 0.2) is 0 Å². The van der Waals surface area contributed by atoms with E-state index < -0.39 is 7.82 Å². The molecule has 0 N–H and O–H groups in total. The van der Waals surface area contributed by atoms with Crippen molar-refractivity contribution in [3.05, 3.63) is 0 Å². The molecule has 0 aromatic rings. The fourth-order valence-electron chi connectivity index (χ4n) is 0. The summed E-state index contributed by atoms with van der Waals surface area (Å²) in [6.45, 7) is 11.9. The Morgan fingerprint density at radius 1 is 0.650 bits per heavy atom. The van der Waals surface area contributed by atoms with Crippen molar-refractivity contribution in [2.45, 2.75) is 57.3 Å². The Kier molecular flexibility index (Phi) is 65.2.